The third kappa shape index (κ3) is 7.67. The van der Waals surface area contributed by atoms with Crippen LogP contribution in [0.25, 0.3) is 83.4 Å². The van der Waals surface area contributed by atoms with Crippen molar-refractivity contribution in [1.82, 2.24) is 18.7 Å². The van der Waals surface area contributed by atoms with Crippen LogP contribution in [0, 0.1) is 28.8 Å². The zero-order valence-electron chi connectivity index (χ0n) is 41.4. The fourth-order valence-electron chi connectivity index (χ4n) is 11.7. The SMILES string of the molecule is Cc1cc(-n2c3[c-]c(Oc4[c-]c(-n5[c](=[Pt])n(-c6c(-c7ccccc7)cc7c(c6-c6ccccc6)CC(=O)C6CC(=O)CC76)c6ccccc65)ccc4)ccc3c3ccccc32)ncc1-c1ccc(C(C)(C)C)cc1. The van der Waals surface area contributed by atoms with Crippen LogP contribution >= 0.6 is 0 Å². The second-order valence-electron chi connectivity index (χ2n) is 20.8. The molecular weight excluding hydrogens is 1090 g/mol. The van der Waals surface area contributed by atoms with E-state index in [1.165, 1.54) is 5.56 Å². The van der Waals surface area contributed by atoms with E-state index in [1.807, 2.05) is 36.5 Å². The van der Waals surface area contributed by atoms with Crippen molar-refractivity contribution in [2.45, 2.75) is 58.3 Å². The van der Waals surface area contributed by atoms with Gasteiger partial charge in [0, 0.05) is 11.8 Å². The van der Waals surface area contributed by atoms with Gasteiger partial charge in [-0.1, -0.05) is 57.2 Å². The molecule has 74 heavy (non-hydrogen) atoms. The van der Waals surface area contributed by atoms with Crippen LogP contribution < -0.4 is 4.74 Å². The maximum absolute atomic E-state index is 14.1. The Balaban J connectivity index is 0.931. The Labute approximate surface area is 440 Å². The van der Waals surface area contributed by atoms with Crippen molar-refractivity contribution in [2.24, 2.45) is 5.92 Å². The van der Waals surface area contributed by atoms with Gasteiger partial charge in [-0.3, -0.25) is 0 Å². The Morgan fingerprint density at radius 3 is 1.99 bits per heavy atom. The minimum Gasteiger partial charge on any atom is -0.0579 e. The third-order valence-electron chi connectivity index (χ3n) is 15.2. The summed E-state index contributed by atoms with van der Waals surface area (Å²) >= 11 is 2.45. The first kappa shape index (κ1) is 45.8. The van der Waals surface area contributed by atoms with E-state index in [4.69, 9.17) is 9.72 Å². The number of hydrogen-bond acceptors (Lipinski definition) is 4. The second kappa shape index (κ2) is 17.9. The summed E-state index contributed by atoms with van der Waals surface area (Å²) in [7, 11) is 0. The first-order valence-corrected chi connectivity index (χ1v) is 26.4. The first-order chi connectivity index (χ1) is 36.0. The number of aromatic nitrogens is 4. The summed E-state index contributed by atoms with van der Waals surface area (Å²) in [5.41, 5.74) is 16.6. The molecule has 364 valence electrons. The Kier molecular flexibility index (Phi) is 11.1. The van der Waals surface area contributed by atoms with E-state index in [1.54, 1.807) is 0 Å². The first-order valence-electron chi connectivity index (χ1n) is 25.3. The number of para-hydroxylation sites is 3. The third-order valence-corrected chi connectivity index (χ3v) is 16.2. The molecule has 3 aromatic heterocycles. The Hall–Kier alpha value is -7.99. The van der Waals surface area contributed by atoms with E-state index in [9.17, 15) is 9.59 Å². The average molecular weight is 1140 g/mol. The number of ketones is 2. The fraction of sp³-hybridized carbons (Fsp3) is 0.152. The van der Waals surface area contributed by atoms with Gasteiger partial charge in [0.2, 0.25) is 0 Å². The minimum atomic E-state index is -0.279. The molecule has 0 spiro atoms. The topological polar surface area (TPSA) is 71.1 Å². The predicted octanol–water partition coefficient (Wildman–Crippen LogP) is 15.2. The van der Waals surface area contributed by atoms with E-state index in [0.29, 0.717) is 24.3 Å². The zero-order chi connectivity index (χ0) is 50.4. The van der Waals surface area contributed by atoms with Crippen molar-refractivity contribution in [3.05, 3.63) is 220 Å². The van der Waals surface area contributed by atoms with Crippen LogP contribution in [0.3, 0.4) is 0 Å². The summed E-state index contributed by atoms with van der Waals surface area (Å²) in [6, 6.07) is 68.5. The molecule has 0 N–H and O–H groups in total. The summed E-state index contributed by atoms with van der Waals surface area (Å²) in [5, 5.41) is 2.16. The summed E-state index contributed by atoms with van der Waals surface area (Å²) in [4.78, 5) is 32.3. The van der Waals surface area contributed by atoms with Crippen LogP contribution in [0.4, 0.5) is 0 Å². The Bertz CT molecular complexity index is 4140. The number of pyridine rings is 1. The summed E-state index contributed by atoms with van der Waals surface area (Å²) in [6.07, 6.45) is 2.97. The molecule has 13 rings (SSSR count). The number of carbonyl (C=O) groups is 2. The molecule has 2 atom stereocenters. The standard InChI is InChI=1S/C66H50N4O3.Pt/c1-41-32-63(67-39-57(41)43-26-28-45(29-27-43)66(2,3)4)70-58-23-12-11-22-50(58)51-31-30-49(36-61(51)70)73-48-21-15-20-46(33-48)68-40-69(60-25-14-13-24-59(60)68)65-52(42-16-7-5-8-17-42)37-54-53-34-47(71)35-55(53)62(72)38-56(54)64(65)44-18-9-6-10-19-44;/h5-32,37,39,53,55H,34-35,38H2,1-4H3;/q-2;. The number of ether oxygens (including phenoxy) is 1. The number of benzene rings is 8. The molecule has 0 radical (unpaired) electrons. The number of rotatable bonds is 8. The van der Waals surface area contributed by atoms with Crippen molar-refractivity contribution in [1.29, 1.82) is 0 Å². The molecule has 11 aromatic rings. The van der Waals surface area contributed by atoms with Crippen LogP contribution in [0.1, 0.15) is 61.8 Å². The number of hydrogen-bond donors (Lipinski definition) is 0. The van der Waals surface area contributed by atoms with Gasteiger partial charge in [0.1, 0.15) is 0 Å². The number of nitrogens with zero attached hydrogens (tertiary/aromatic N) is 4. The van der Waals surface area contributed by atoms with Gasteiger partial charge in [0.15, 0.2) is 0 Å². The summed E-state index contributed by atoms with van der Waals surface area (Å²) in [5.74, 6) is 1.79. The van der Waals surface area contributed by atoms with Crippen molar-refractivity contribution in [3.63, 3.8) is 0 Å². The van der Waals surface area contributed by atoms with E-state index in [-0.39, 0.29) is 35.2 Å². The van der Waals surface area contributed by atoms with Gasteiger partial charge >= 0.3 is 345 Å². The van der Waals surface area contributed by atoms with Crippen molar-refractivity contribution >= 4 is 44.4 Å². The van der Waals surface area contributed by atoms with Gasteiger partial charge in [-0.15, -0.1) is 0 Å². The molecule has 0 bridgehead atoms. The van der Waals surface area contributed by atoms with Gasteiger partial charge in [0.05, 0.1) is 0 Å². The molecule has 2 aliphatic rings. The monoisotopic (exact) mass is 1140 g/mol. The quantitative estimate of drug-likeness (QED) is 0.142. The van der Waals surface area contributed by atoms with Gasteiger partial charge in [-0.2, -0.15) is 0 Å². The number of imidazole rings is 1. The predicted molar refractivity (Wildman–Crippen MR) is 291 cm³/mol. The Morgan fingerprint density at radius 2 is 1.26 bits per heavy atom. The maximum atomic E-state index is 14.1. The molecule has 8 aromatic carbocycles. The molecule has 0 aliphatic heterocycles. The van der Waals surface area contributed by atoms with Gasteiger partial charge in [-0.25, -0.2) is 0 Å². The number of fused-ring (bicyclic) bond motifs is 7. The molecule has 2 unspecified atom stereocenters. The van der Waals surface area contributed by atoms with Crippen LogP contribution in [-0.2, 0) is 40.8 Å². The number of aryl methyl sites for hydroxylation is 1. The normalized spacial score (nSPS) is 15.5. The molecule has 7 nitrogen and oxygen atoms in total. The van der Waals surface area contributed by atoms with E-state index in [0.717, 1.165) is 104 Å². The smallest absolute Gasteiger partial charge is 0.0579 e. The molecule has 3 heterocycles. The van der Waals surface area contributed by atoms with E-state index >= 15 is 0 Å². The molecule has 1 fully saturated rings. The molecule has 0 amide bonds. The number of Topliss-reactive ketones (excluding diaryl/α,β-unsaturated/α-hetero) is 2. The van der Waals surface area contributed by atoms with Crippen molar-refractivity contribution < 1.29 is 33.7 Å². The van der Waals surface area contributed by atoms with Crippen LogP contribution in [0.2, 0.25) is 0 Å². The number of carbonyl (C=O) groups excluding carboxylic acids is 2. The minimum absolute atomic E-state index is 0.0756. The zero-order valence-corrected chi connectivity index (χ0v) is 43.7. The van der Waals surface area contributed by atoms with Crippen LogP contribution in [0.15, 0.2) is 182 Å². The van der Waals surface area contributed by atoms with Crippen LogP contribution in [0.5, 0.6) is 11.5 Å². The van der Waals surface area contributed by atoms with E-state index < -0.39 is 0 Å². The van der Waals surface area contributed by atoms with Gasteiger partial charge in [-0.05, 0) is 29.0 Å². The molecule has 0 saturated heterocycles. The molecule has 1 saturated carbocycles. The molecular formula is C66H50N4O3Pt-2. The van der Waals surface area contributed by atoms with Crippen molar-refractivity contribution in [3.8, 4) is 62.1 Å². The van der Waals surface area contributed by atoms with Gasteiger partial charge < -0.3 is 0 Å². The Morgan fingerprint density at radius 1 is 0.608 bits per heavy atom. The van der Waals surface area contributed by atoms with Crippen LogP contribution in [-0.4, -0.2) is 30.3 Å². The fourth-order valence-corrected chi connectivity index (χ4v) is 12.7. The molecule has 8 heteroatoms. The van der Waals surface area contributed by atoms with Gasteiger partial charge in [0.25, 0.3) is 0 Å². The van der Waals surface area contributed by atoms with E-state index in [2.05, 4.69) is 218 Å². The summed E-state index contributed by atoms with van der Waals surface area (Å²) < 4.78 is 14.4. The second-order valence-corrected chi connectivity index (χ2v) is 21.8. The molecule has 2 aliphatic carbocycles. The summed E-state index contributed by atoms with van der Waals surface area (Å²) in [6.45, 7) is 8.86. The van der Waals surface area contributed by atoms with Crippen molar-refractivity contribution in [2.75, 3.05) is 0 Å². The average Bonchev–Trinajstić information content (AvgIpc) is 4.08.